The van der Waals surface area contributed by atoms with Gasteiger partial charge in [-0.25, -0.2) is 9.98 Å². The van der Waals surface area contributed by atoms with E-state index < -0.39 is 0 Å². The molecule has 4 unspecified atom stereocenters. The van der Waals surface area contributed by atoms with Crippen molar-refractivity contribution in [2.75, 3.05) is 4.90 Å². The Morgan fingerprint density at radius 2 is 1.28 bits per heavy atom. The highest BCUT2D eigenvalue weighted by molar-refractivity contribution is 6.24. The number of furan rings is 1. The van der Waals surface area contributed by atoms with E-state index in [1.54, 1.807) is 0 Å². The van der Waals surface area contributed by atoms with Gasteiger partial charge in [0.2, 0.25) is 0 Å². The maximum atomic E-state index is 7.24. The molecule has 0 bridgehead atoms. The first-order valence-corrected chi connectivity index (χ1v) is 20.2. The molecule has 3 aliphatic rings. The molecule has 7 aromatic carbocycles. The molecule has 1 N–H and O–H groups in total. The lowest BCUT2D eigenvalue weighted by Crippen LogP contribution is -2.46. The summed E-state index contributed by atoms with van der Waals surface area (Å²) < 4.78 is 7.24. The lowest BCUT2D eigenvalue weighted by Gasteiger charge is -2.46. The summed E-state index contributed by atoms with van der Waals surface area (Å²) in [5.74, 6) is 2.21. The van der Waals surface area contributed by atoms with Crippen LogP contribution >= 0.6 is 0 Å². The molecule has 4 atom stereocenters. The molecule has 0 spiro atoms. The fourth-order valence-electron chi connectivity index (χ4n) is 9.98. The van der Waals surface area contributed by atoms with Gasteiger partial charge in [0.05, 0.1) is 0 Å². The second kappa shape index (κ2) is 13.5. The average Bonchev–Trinajstić information content (AvgIpc) is 3.80. The van der Waals surface area contributed by atoms with Crippen LogP contribution in [0.1, 0.15) is 72.0 Å². The second-order valence-corrected chi connectivity index (χ2v) is 15.9. The normalized spacial score (nSPS) is 21.4. The van der Waals surface area contributed by atoms with Crippen LogP contribution in [-0.4, -0.2) is 17.2 Å². The molecule has 1 aromatic heterocycles. The summed E-state index contributed by atoms with van der Waals surface area (Å²) in [6.45, 7) is 2.48. The summed E-state index contributed by atoms with van der Waals surface area (Å²) in [6, 6.07) is 62.5. The third-order valence-electron chi connectivity index (χ3n) is 12.7. The predicted octanol–water partition coefficient (Wildman–Crippen LogP) is 12.7. The summed E-state index contributed by atoms with van der Waals surface area (Å²) in [7, 11) is 0. The van der Waals surface area contributed by atoms with Gasteiger partial charge >= 0.3 is 0 Å². The monoisotopic (exact) mass is 738 g/mol. The zero-order chi connectivity index (χ0) is 37.9. The predicted molar refractivity (Wildman–Crippen MR) is 234 cm³/mol. The number of nitrogens with zero attached hydrogens (tertiary/aromatic N) is 3. The smallest absolute Gasteiger partial charge is 0.160 e. The Balaban J connectivity index is 1.07. The zero-order valence-electron chi connectivity index (χ0n) is 31.8. The number of para-hydroxylation sites is 3. The van der Waals surface area contributed by atoms with E-state index in [2.05, 4.69) is 181 Å². The van der Waals surface area contributed by atoms with Crippen LogP contribution in [0.15, 0.2) is 190 Å². The van der Waals surface area contributed by atoms with Crippen molar-refractivity contribution in [3.05, 3.63) is 204 Å². The van der Waals surface area contributed by atoms with Crippen LogP contribution in [-0.2, 0) is 0 Å². The van der Waals surface area contributed by atoms with E-state index in [4.69, 9.17) is 14.4 Å². The Labute approximate surface area is 333 Å². The number of amidine groups is 2. The van der Waals surface area contributed by atoms with Gasteiger partial charge in [-0.05, 0) is 84.7 Å². The van der Waals surface area contributed by atoms with Crippen LogP contribution in [0, 0.1) is 0 Å². The number of aliphatic imine (C=N–C) groups is 2. The van der Waals surface area contributed by atoms with E-state index in [0.29, 0.717) is 17.7 Å². The van der Waals surface area contributed by atoms with Crippen LogP contribution in [0.5, 0.6) is 0 Å². The Kier molecular flexibility index (Phi) is 7.95. The van der Waals surface area contributed by atoms with Crippen molar-refractivity contribution in [1.29, 1.82) is 0 Å². The lowest BCUT2D eigenvalue weighted by molar-refractivity contribution is 0.265. The highest BCUT2D eigenvalue weighted by atomic mass is 16.3. The first kappa shape index (κ1) is 33.6. The van der Waals surface area contributed by atoms with Gasteiger partial charge in [-0.1, -0.05) is 146 Å². The first-order valence-electron chi connectivity index (χ1n) is 20.2. The number of hydrogen-bond donors (Lipinski definition) is 1. The molecule has 11 rings (SSSR count). The number of benzene rings is 7. The van der Waals surface area contributed by atoms with Crippen LogP contribution in [0.25, 0.3) is 33.1 Å². The van der Waals surface area contributed by atoms with Crippen LogP contribution in [0.3, 0.4) is 0 Å². The molecular formula is C52H42N4O. The maximum absolute atomic E-state index is 7.24. The minimum absolute atomic E-state index is 0.0200. The molecule has 5 heteroatoms. The van der Waals surface area contributed by atoms with Crippen molar-refractivity contribution < 1.29 is 4.42 Å². The largest absolute Gasteiger partial charge is 0.455 e. The first-order chi connectivity index (χ1) is 28.1. The number of fused-ring (bicyclic) bond motifs is 6. The van der Waals surface area contributed by atoms with Gasteiger partial charge in [-0.15, -0.1) is 0 Å². The fraction of sp³-hybridized carbons (Fsp3) is 0.154. The molecule has 0 radical (unpaired) electrons. The minimum atomic E-state index is -0.298. The van der Waals surface area contributed by atoms with E-state index in [1.165, 1.54) is 22.5 Å². The summed E-state index contributed by atoms with van der Waals surface area (Å²) in [5.41, 5.74) is 12.4. The van der Waals surface area contributed by atoms with E-state index in [-0.39, 0.29) is 11.7 Å². The standard InChI is InChI=1S/C52H42N4O/c1-52-32-31-37(33-44(52)41-25-14-15-28-45(41)56(52)38-23-12-5-13-24-38)39-26-16-27-42-46-43(30-29-40(48(46)57-47(39)42)34-17-6-2-7-18-34)51-54-49(35-19-8-3-9-20-35)53-50(55-51)36-21-10-4-11-22-36/h2-30,37,44,49H,31-33H2,1H3,(H,53,54,55). The summed E-state index contributed by atoms with van der Waals surface area (Å²) in [6.07, 6.45) is 2.89. The van der Waals surface area contributed by atoms with Crippen molar-refractivity contribution >= 4 is 45.0 Å². The van der Waals surface area contributed by atoms with Crippen molar-refractivity contribution in [3.63, 3.8) is 0 Å². The summed E-state index contributed by atoms with van der Waals surface area (Å²) in [5, 5.41) is 5.79. The second-order valence-electron chi connectivity index (χ2n) is 15.9. The van der Waals surface area contributed by atoms with Gasteiger partial charge in [-0.3, -0.25) is 0 Å². The average molecular weight is 739 g/mol. The molecule has 276 valence electrons. The Bertz CT molecular complexity index is 2830. The van der Waals surface area contributed by atoms with Crippen molar-refractivity contribution in [2.45, 2.75) is 49.7 Å². The fourth-order valence-corrected chi connectivity index (χ4v) is 9.98. The van der Waals surface area contributed by atoms with E-state index in [0.717, 1.165) is 74.9 Å². The van der Waals surface area contributed by atoms with Gasteiger partial charge in [0, 0.05) is 50.3 Å². The molecule has 1 aliphatic carbocycles. The molecule has 8 aromatic rings. The van der Waals surface area contributed by atoms with Crippen LogP contribution < -0.4 is 10.2 Å². The Morgan fingerprint density at radius 1 is 0.632 bits per heavy atom. The van der Waals surface area contributed by atoms with Gasteiger partial charge < -0.3 is 14.6 Å². The van der Waals surface area contributed by atoms with Gasteiger partial charge in [0.25, 0.3) is 0 Å². The highest BCUT2D eigenvalue weighted by Gasteiger charge is 2.51. The molecule has 1 saturated carbocycles. The molecule has 5 nitrogen and oxygen atoms in total. The number of nitrogens with one attached hydrogen (secondary N) is 1. The molecular weight excluding hydrogens is 697 g/mol. The molecule has 2 aliphatic heterocycles. The zero-order valence-corrected chi connectivity index (χ0v) is 31.8. The Morgan fingerprint density at radius 3 is 2.05 bits per heavy atom. The van der Waals surface area contributed by atoms with Crippen LogP contribution in [0.2, 0.25) is 0 Å². The van der Waals surface area contributed by atoms with E-state index in [1.807, 2.05) is 12.1 Å². The Hall–Kier alpha value is -6.72. The quantitative estimate of drug-likeness (QED) is 0.185. The van der Waals surface area contributed by atoms with E-state index >= 15 is 0 Å². The third kappa shape index (κ3) is 5.52. The number of hydrogen-bond acceptors (Lipinski definition) is 5. The minimum Gasteiger partial charge on any atom is -0.455 e. The highest BCUT2D eigenvalue weighted by Crippen LogP contribution is 2.60. The van der Waals surface area contributed by atoms with Crippen molar-refractivity contribution in [1.82, 2.24) is 5.32 Å². The van der Waals surface area contributed by atoms with Gasteiger partial charge in [0.1, 0.15) is 23.2 Å². The third-order valence-corrected chi connectivity index (χ3v) is 12.7. The molecule has 1 fully saturated rings. The molecule has 0 amide bonds. The van der Waals surface area contributed by atoms with E-state index in [9.17, 15) is 0 Å². The lowest BCUT2D eigenvalue weighted by atomic mass is 9.67. The van der Waals surface area contributed by atoms with Crippen molar-refractivity contribution in [2.24, 2.45) is 9.98 Å². The molecule has 0 saturated heterocycles. The van der Waals surface area contributed by atoms with Crippen LogP contribution in [0.4, 0.5) is 11.4 Å². The topological polar surface area (TPSA) is 53.1 Å². The SMILES string of the molecule is CC12CCC(c3cccc4c3oc3c(-c5ccccc5)ccc(C5=NC(c6ccccc6)NC(c6ccccc6)=N5)c34)CC1c1ccccc1N2c1ccccc1. The summed E-state index contributed by atoms with van der Waals surface area (Å²) >= 11 is 0. The van der Waals surface area contributed by atoms with Gasteiger partial charge in [-0.2, -0.15) is 0 Å². The maximum Gasteiger partial charge on any atom is 0.160 e. The number of rotatable bonds is 6. The molecule has 57 heavy (non-hydrogen) atoms. The van der Waals surface area contributed by atoms with Gasteiger partial charge in [0.15, 0.2) is 5.84 Å². The van der Waals surface area contributed by atoms with Crippen molar-refractivity contribution in [3.8, 4) is 11.1 Å². The summed E-state index contributed by atoms with van der Waals surface area (Å²) in [4.78, 5) is 13.2. The molecule has 3 heterocycles. The number of anilines is 2.